The average molecular weight is 188 g/mol. The highest BCUT2D eigenvalue weighted by atomic mass is 35.5. The molecule has 0 unspecified atom stereocenters. The zero-order valence-corrected chi connectivity index (χ0v) is 7.01. The van der Waals surface area contributed by atoms with Gasteiger partial charge in [-0.15, -0.1) is 0 Å². The second-order valence-electron chi connectivity index (χ2n) is 2.76. The minimum Gasteiger partial charge on any atom is -0.489 e. The number of rotatable bonds is 2. The van der Waals surface area contributed by atoms with Crippen LogP contribution in [0.2, 0.25) is 5.02 Å². The number of halogens is 2. The largest absolute Gasteiger partial charge is 0.489 e. The topological polar surface area (TPSA) is 22.1 Å². The van der Waals surface area contributed by atoms with Crippen molar-refractivity contribution in [1.82, 2.24) is 4.98 Å². The number of nitrogens with zero attached hydrogens (tertiary/aromatic N) is 1. The standard InChI is InChI=1S/C8H7ClFNO/c9-7-3-6(4-11-8(7)10)12-5-1-2-5/h3-5H,1-2H2. The third-order valence-corrected chi connectivity index (χ3v) is 1.86. The molecule has 1 fully saturated rings. The molecular formula is C8H7ClFNO. The van der Waals surface area contributed by atoms with Crippen molar-refractivity contribution in [3.05, 3.63) is 23.2 Å². The van der Waals surface area contributed by atoms with E-state index in [-0.39, 0.29) is 11.1 Å². The molecule has 1 heterocycles. The Morgan fingerprint density at radius 1 is 1.58 bits per heavy atom. The van der Waals surface area contributed by atoms with Gasteiger partial charge in [-0.25, -0.2) is 4.98 Å². The minimum atomic E-state index is -0.653. The number of hydrogen-bond acceptors (Lipinski definition) is 2. The van der Waals surface area contributed by atoms with E-state index in [4.69, 9.17) is 16.3 Å². The predicted octanol–water partition coefficient (Wildman–Crippen LogP) is 2.42. The predicted molar refractivity (Wildman–Crippen MR) is 42.9 cm³/mol. The van der Waals surface area contributed by atoms with E-state index in [0.717, 1.165) is 12.8 Å². The molecule has 0 aromatic carbocycles. The summed E-state index contributed by atoms with van der Waals surface area (Å²) in [5.41, 5.74) is 0. The van der Waals surface area contributed by atoms with Gasteiger partial charge in [-0.3, -0.25) is 0 Å². The molecule has 0 spiro atoms. The van der Waals surface area contributed by atoms with Crippen LogP contribution in [0.25, 0.3) is 0 Å². The summed E-state index contributed by atoms with van der Waals surface area (Å²) in [6.45, 7) is 0. The number of hydrogen-bond donors (Lipinski definition) is 0. The summed E-state index contributed by atoms with van der Waals surface area (Å²) in [6, 6.07) is 1.45. The second kappa shape index (κ2) is 2.90. The maximum atomic E-state index is 12.6. The van der Waals surface area contributed by atoms with Crippen molar-refractivity contribution in [2.24, 2.45) is 0 Å². The molecular weight excluding hydrogens is 181 g/mol. The van der Waals surface area contributed by atoms with E-state index in [0.29, 0.717) is 5.75 Å². The van der Waals surface area contributed by atoms with Crippen molar-refractivity contribution in [2.45, 2.75) is 18.9 Å². The van der Waals surface area contributed by atoms with Crippen molar-refractivity contribution in [1.29, 1.82) is 0 Å². The Labute approximate surface area is 74.3 Å². The van der Waals surface area contributed by atoms with Crippen LogP contribution >= 0.6 is 11.6 Å². The van der Waals surface area contributed by atoms with Crippen molar-refractivity contribution in [3.63, 3.8) is 0 Å². The highest BCUT2D eigenvalue weighted by Crippen LogP contribution is 2.27. The molecule has 0 N–H and O–H groups in total. The molecule has 1 aliphatic rings. The van der Waals surface area contributed by atoms with Gasteiger partial charge in [-0.2, -0.15) is 4.39 Å². The zero-order valence-electron chi connectivity index (χ0n) is 6.26. The van der Waals surface area contributed by atoms with Crippen LogP contribution in [0.1, 0.15) is 12.8 Å². The first-order valence-electron chi connectivity index (χ1n) is 3.73. The first-order chi connectivity index (χ1) is 5.75. The highest BCUT2D eigenvalue weighted by Gasteiger charge is 2.23. The van der Waals surface area contributed by atoms with Crippen molar-refractivity contribution >= 4 is 11.6 Å². The van der Waals surface area contributed by atoms with Gasteiger partial charge < -0.3 is 4.74 Å². The molecule has 1 saturated carbocycles. The molecule has 0 radical (unpaired) electrons. The summed E-state index contributed by atoms with van der Waals surface area (Å²) in [6.07, 6.45) is 3.76. The molecule has 4 heteroatoms. The smallest absolute Gasteiger partial charge is 0.231 e. The summed E-state index contributed by atoms with van der Waals surface area (Å²) in [5.74, 6) is -0.108. The van der Waals surface area contributed by atoms with Crippen LogP contribution in [0.15, 0.2) is 12.3 Å². The maximum Gasteiger partial charge on any atom is 0.231 e. The Morgan fingerprint density at radius 3 is 2.92 bits per heavy atom. The van der Waals surface area contributed by atoms with Gasteiger partial charge >= 0.3 is 0 Å². The van der Waals surface area contributed by atoms with E-state index in [9.17, 15) is 4.39 Å². The van der Waals surface area contributed by atoms with Crippen molar-refractivity contribution in [3.8, 4) is 5.75 Å². The summed E-state index contributed by atoms with van der Waals surface area (Å²) >= 11 is 5.50. The molecule has 0 saturated heterocycles. The van der Waals surface area contributed by atoms with Crippen LogP contribution in [-0.4, -0.2) is 11.1 Å². The molecule has 64 valence electrons. The molecule has 0 atom stereocenters. The maximum absolute atomic E-state index is 12.6. The SMILES string of the molecule is Fc1ncc(OC2CC2)cc1Cl. The zero-order chi connectivity index (χ0) is 8.55. The van der Waals surface area contributed by atoms with E-state index in [1.807, 2.05) is 0 Å². The molecule has 1 aromatic heterocycles. The van der Waals surface area contributed by atoms with Gasteiger partial charge in [0, 0.05) is 6.07 Å². The Kier molecular flexibility index (Phi) is 1.89. The van der Waals surface area contributed by atoms with E-state index < -0.39 is 5.95 Å². The minimum absolute atomic E-state index is 0.00755. The first-order valence-corrected chi connectivity index (χ1v) is 4.11. The average Bonchev–Trinajstić information content (AvgIpc) is 2.81. The normalized spacial score (nSPS) is 16.2. The summed E-state index contributed by atoms with van der Waals surface area (Å²) in [4.78, 5) is 3.44. The van der Waals surface area contributed by atoms with Crippen LogP contribution in [0.4, 0.5) is 4.39 Å². The third-order valence-electron chi connectivity index (χ3n) is 1.60. The molecule has 1 aliphatic carbocycles. The van der Waals surface area contributed by atoms with Gasteiger partial charge in [-0.1, -0.05) is 11.6 Å². The van der Waals surface area contributed by atoms with Gasteiger partial charge in [0.2, 0.25) is 5.95 Å². The van der Waals surface area contributed by atoms with E-state index >= 15 is 0 Å². The Hall–Kier alpha value is -0.830. The van der Waals surface area contributed by atoms with Crippen LogP contribution in [0, 0.1) is 5.95 Å². The van der Waals surface area contributed by atoms with Crippen LogP contribution in [-0.2, 0) is 0 Å². The lowest BCUT2D eigenvalue weighted by atomic mass is 10.4. The van der Waals surface area contributed by atoms with Crippen LogP contribution in [0.5, 0.6) is 5.75 Å². The fraction of sp³-hybridized carbons (Fsp3) is 0.375. The molecule has 0 aliphatic heterocycles. The van der Waals surface area contributed by atoms with Crippen molar-refractivity contribution in [2.75, 3.05) is 0 Å². The van der Waals surface area contributed by atoms with Gasteiger partial charge in [0.1, 0.15) is 5.75 Å². The summed E-state index contributed by atoms with van der Waals surface area (Å²) in [7, 11) is 0. The number of pyridine rings is 1. The monoisotopic (exact) mass is 187 g/mol. The van der Waals surface area contributed by atoms with Gasteiger partial charge in [0.05, 0.1) is 17.3 Å². The van der Waals surface area contributed by atoms with E-state index in [1.165, 1.54) is 12.3 Å². The molecule has 0 bridgehead atoms. The van der Waals surface area contributed by atoms with Crippen LogP contribution in [0.3, 0.4) is 0 Å². The number of ether oxygens (including phenoxy) is 1. The lowest BCUT2D eigenvalue weighted by Gasteiger charge is -2.03. The highest BCUT2D eigenvalue weighted by molar-refractivity contribution is 6.30. The Balaban J connectivity index is 2.15. The lowest BCUT2D eigenvalue weighted by molar-refractivity contribution is 0.301. The van der Waals surface area contributed by atoms with E-state index in [1.54, 1.807) is 0 Å². The van der Waals surface area contributed by atoms with Gasteiger partial charge in [0.25, 0.3) is 0 Å². The fourth-order valence-electron chi connectivity index (χ4n) is 0.846. The first kappa shape index (κ1) is 7.80. The molecule has 12 heavy (non-hydrogen) atoms. The van der Waals surface area contributed by atoms with Gasteiger partial charge in [0.15, 0.2) is 0 Å². The van der Waals surface area contributed by atoms with Gasteiger partial charge in [-0.05, 0) is 12.8 Å². The summed E-state index contributed by atoms with van der Waals surface area (Å²) in [5, 5.41) is 0.00755. The van der Waals surface area contributed by atoms with E-state index in [2.05, 4.69) is 4.98 Å². The molecule has 0 amide bonds. The fourth-order valence-corrected chi connectivity index (χ4v) is 1.00. The summed E-state index contributed by atoms with van der Waals surface area (Å²) < 4.78 is 17.9. The van der Waals surface area contributed by atoms with Crippen molar-refractivity contribution < 1.29 is 9.13 Å². The quantitative estimate of drug-likeness (QED) is 0.664. The molecule has 1 aromatic rings. The Morgan fingerprint density at radius 2 is 2.33 bits per heavy atom. The third kappa shape index (κ3) is 1.67. The lowest BCUT2D eigenvalue weighted by Crippen LogP contribution is -1.97. The Bertz CT molecular complexity index is 301. The number of aromatic nitrogens is 1. The molecule has 2 nitrogen and oxygen atoms in total. The second-order valence-corrected chi connectivity index (χ2v) is 3.17. The molecule has 2 rings (SSSR count). The van der Waals surface area contributed by atoms with Crippen LogP contribution < -0.4 is 4.74 Å².